The van der Waals surface area contributed by atoms with Gasteiger partial charge in [0.1, 0.15) is 18.7 Å². The van der Waals surface area contributed by atoms with Crippen LogP contribution in [-0.4, -0.2) is 19.9 Å². The summed E-state index contributed by atoms with van der Waals surface area (Å²) < 4.78 is 30.6. The topological polar surface area (TPSA) is 44.8 Å². The van der Waals surface area contributed by atoms with Gasteiger partial charge in [-0.2, -0.15) is 0 Å². The second-order valence-corrected chi connectivity index (χ2v) is 6.26. The molecule has 24 heavy (non-hydrogen) atoms. The van der Waals surface area contributed by atoms with Crippen molar-refractivity contribution in [1.82, 2.24) is 0 Å². The van der Waals surface area contributed by atoms with Gasteiger partial charge < -0.3 is 14.2 Å². The molecule has 2 atom stereocenters. The lowest BCUT2D eigenvalue weighted by atomic mass is 9.95. The Hall–Kier alpha value is -1.46. The van der Waals surface area contributed by atoms with Crippen molar-refractivity contribution in [3.63, 3.8) is 0 Å². The highest BCUT2D eigenvalue weighted by molar-refractivity contribution is 5.66. The van der Waals surface area contributed by atoms with Crippen LogP contribution in [0.3, 0.4) is 0 Å². The van der Waals surface area contributed by atoms with E-state index in [1.165, 1.54) is 13.0 Å². The average Bonchev–Trinajstić information content (AvgIpc) is 2.53. The summed E-state index contributed by atoms with van der Waals surface area (Å²) in [5.74, 6) is -0.662. The molecule has 0 aromatic heterocycles. The molecular weight excluding hydrogens is 311 g/mol. The van der Waals surface area contributed by atoms with Gasteiger partial charge in [0.05, 0.1) is 6.10 Å². The van der Waals surface area contributed by atoms with Crippen LogP contribution in [-0.2, 0) is 19.0 Å². The van der Waals surface area contributed by atoms with E-state index >= 15 is 0 Å². The number of ether oxygens (including phenoxy) is 3. The fraction of sp³-hybridized carbons (Fsp3) is 0.632. The summed E-state index contributed by atoms with van der Waals surface area (Å²) in [5.41, 5.74) is 1.16. The maximum atomic E-state index is 14.7. The minimum Gasteiger partial charge on any atom is -0.457 e. The first-order valence-corrected chi connectivity index (χ1v) is 8.47. The van der Waals surface area contributed by atoms with E-state index in [0.717, 1.165) is 19.3 Å². The number of esters is 1. The Labute approximate surface area is 144 Å². The minimum absolute atomic E-state index is 0.0554. The predicted octanol–water partition coefficient (Wildman–Crippen LogP) is 4.94. The second-order valence-electron chi connectivity index (χ2n) is 6.26. The zero-order chi connectivity index (χ0) is 18.1. The van der Waals surface area contributed by atoms with Crippen molar-refractivity contribution < 1.29 is 23.4 Å². The first kappa shape index (κ1) is 20.6. The van der Waals surface area contributed by atoms with Gasteiger partial charge in [0.15, 0.2) is 0 Å². The van der Waals surface area contributed by atoms with Crippen LogP contribution < -0.4 is 0 Å². The molecule has 0 aliphatic heterocycles. The molecule has 1 rings (SSSR count). The second kappa shape index (κ2) is 10.4. The fourth-order valence-corrected chi connectivity index (χ4v) is 2.62. The number of hydrogen-bond acceptors (Lipinski definition) is 4. The first-order valence-electron chi connectivity index (χ1n) is 8.47. The molecule has 1 aromatic rings. The summed E-state index contributed by atoms with van der Waals surface area (Å²) in [6.07, 6.45) is 1.88. The summed E-state index contributed by atoms with van der Waals surface area (Å²) in [6, 6.07) is 4.97. The maximum Gasteiger partial charge on any atom is 0.303 e. The number of halogens is 1. The third-order valence-electron chi connectivity index (χ3n) is 3.81. The van der Waals surface area contributed by atoms with E-state index in [1.807, 2.05) is 13.8 Å². The van der Waals surface area contributed by atoms with Crippen LogP contribution in [0.5, 0.6) is 0 Å². The lowest BCUT2D eigenvalue weighted by Gasteiger charge is -2.23. The predicted molar refractivity (Wildman–Crippen MR) is 91.0 cm³/mol. The molecule has 4 nitrogen and oxygen atoms in total. The largest absolute Gasteiger partial charge is 0.457 e. The van der Waals surface area contributed by atoms with Crippen molar-refractivity contribution in [3.8, 4) is 0 Å². The molecule has 136 valence electrons. The van der Waals surface area contributed by atoms with E-state index in [9.17, 15) is 9.18 Å². The third kappa shape index (κ3) is 6.21. The highest BCUT2D eigenvalue weighted by Gasteiger charge is 2.22. The summed E-state index contributed by atoms with van der Waals surface area (Å²) in [5, 5.41) is 0. The fourth-order valence-electron chi connectivity index (χ4n) is 2.62. The standard InChI is InChI=1S/C19H29FO4/c1-6-7-8-18(23-12-22-5)16-10-9-15(11-17(16)20)19(13(2)3)24-14(4)21/h9-11,13,18-19H,6-8,12H2,1-5H3. The molecule has 0 aliphatic carbocycles. The molecule has 0 radical (unpaired) electrons. The Morgan fingerprint density at radius 2 is 2.00 bits per heavy atom. The average molecular weight is 340 g/mol. The van der Waals surface area contributed by atoms with Gasteiger partial charge in [0.25, 0.3) is 0 Å². The van der Waals surface area contributed by atoms with Crippen LogP contribution in [0, 0.1) is 11.7 Å². The van der Waals surface area contributed by atoms with Crippen molar-refractivity contribution >= 4 is 5.97 Å². The van der Waals surface area contributed by atoms with E-state index in [2.05, 4.69) is 6.92 Å². The van der Waals surface area contributed by atoms with Crippen molar-refractivity contribution in [1.29, 1.82) is 0 Å². The van der Waals surface area contributed by atoms with Gasteiger partial charge in [0.2, 0.25) is 0 Å². The molecule has 2 unspecified atom stereocenters. The van der Waals surface area contributed by atoms with Crippen molar-refractivity contribution in [2.24, 2.45) is 5.92 Å². The van der Waals surface area contributed by atoms with E-state index in [4.69, 9.17) is 14.2 Å². The van der Waals surface area contributed by atoms with E-state index < -0.39 is 6.10 Å². The lowest BCUT2D eigenvalue weighted by Crippen LogP contribution is -2.15. The molecular formula is C19H29FO4. The van der Waals surface area contributed by atoms with Gasteiger partial charge in [-0.1, -0.05) is 45.7 Å². The van der Waals surface area contributed by atoms with Crippen LogP contribution in [0.25, 0.3) is 0 Å². The number of carbonyl (C=O) groups is 1. The van der Waals surface area contributed by atoms with E-state index in [-0.39, 0.29) is 30.6 Å². The summed E-state index contributed by atoms with van der Waals surface area (Å²) in [6.45, 7) is 7.44. The zero-order valence-electron chi connectivity index (χ0n) is 15.3. The molecule has 1 aromatic carbocycles. The smallest absolute Gasteiger partial charge is 0.303 e. The molecule has 0 bridgehead atoms. The lowest BCUT2D eigenvalue weighted by molar-refractivity contribution is -0.149. The summed E-state index contributed by atoms with van der Waals surface area (Å²) in [7, 11) is 1.54. The molecule has 0 heterocycles. The number of hydrogen-bond donors (Lipinski definition) is 0. The number of carbonyl (C=O) groups excluding carboxylic acids is 1. The highest BCUT2D eigenvalue weighted by atomic mass is 19.1. The number of benzene rings is 1. The summed E-state index contributed by atoms with van der Waals surface area (Å²) >= 11 is 0. The van der Waals surface area contributed by atoms with Crippen LogP contribution in [0.15, 0.2) is 18.2 Å². The van der Waals surface area contributed by atoms with Gasteiger partial charge in [-0.25, -0.2) is 4.39 Å². The van der Waals surface area contributed by atoms with Crippen molar-refractivity contribution in [3.05, 3.63) is 35.1 Å². The van der Waals surface area contributed by atoms with Crippen LogP contribution in [0.4, 0.5) is 4.39 Å². The number of methoxy groups -OCH3 is 1. The van der Waals surface area contributed by atoms with E-state index in [0.29, 0.717) is 11.1 Å². The molecule has 0 spiro atoms. The first-order chi connectivity index (χ1) is 11.4. The zero-order valence-corrected chi connectivity index (χ0v) is 15.3. The van der Waals surface area contributed by atoms with Crippen LogP contribution >= 0.6 is 0 Å². The van der Waals surface area contributed by atoms with Crippen LogP contribution in [0.2, 0.25) is 0 Å². The Bertz CT molecular complexity index is 508. The van der Waals surface area contributed by atoms with Gasteiger partial charge in [-0.05, 0) is 24.0 Å². The van der Waals surface area contributed by atoms with Gasteiger partial charge >= 0.3 is 5.97 Å². The quantitative estimate of drug-likeness (QED) is 0.447. The SMILES string of the molecule is CCCCC(OCOC)c1ccc(C(OC(C)=O)C(C)C)cc1F. The Morgan fingerprint density at radius 3 is 2.50 bits per heavy atom. The number of unbranched alkanes of at least 4 members (excludes halogenated alkanes) is 1. The van der Waals surface area contributed by atoms with Gasteiger partial charge in [-0.3, -0.25) is 4.79 Å². The Balaban J connectivity index is 3.03. The molecule has 0 fully saturated rings. The minimum atomic E-state index is -0.458. The van der Waals surface area contributed by atoms with Crippen LogP contribution in [0.1, 0.15) is 70.3 Å². The Kier molecular flexibility index (Phi) is 8.93. The molecule has 0 saturated heterocycles. The highest BCUT2D eigenvalue weighted by Crippen LogP contribution is 2.31. The Morgan fingerprint density at radius 1 is 1.29 bits per heavy atom. The number of rotatable bonds is 10. The van der Waals surface area contributed by atoms with Gasteiger partial charge in [0, 0.05) is 19.6 Å². The van der Waals surface area contributed by atoms with E-state index in [1.54, 1.807) is 19.2 Å². The van der Waals surface area contributed by atoms with Crippen molar-refractivity contribution in [2.45, 2.75) is 59.2 Å². The molecule has 5 heteroatoms. The molecule has 0 aliphatic rings. The maximum absolute atomic E-state index is 14.7. The monoisotopic (exact) mass is 340 g/mol. The summed E-state index contributed by atoms with van der Waals surface area (Å²) in [4.78, 5) is 11.3. The molecule has 0 amide bonds. The molecule has 0 saturated carbocycles. The van der Waals surface area contributed by atoms with Gasteiger partial charge in [-0.15, -0.1) is 0 Å². The molecule has 0 N–H and O–H groups in total. The van der Waals surface area contributed by atoms with Crippen molar-refractivity contribution in [2.75, 3.05) is 13.9 Å². The third-order valence-corrected chi connectivity index (χ3v) is 3.81. The normalized spacial score (nSPS) is 13.8.